The summed E-state index contributed by atoms with van der Waals surface area (Å²) in [5.41, 5.74) is 0.532. The second kappa shape index (κ2) is 4.09. The quantitative estimate of drug-likeness (QED) is 0.775. The Balaban J connectivity index is 2.68. The van der Waals surface area contributed by atoms with Gasteiger partial charge in [-0.05, 0) is 17.7 Å². The highest BCUT2D eigenvalue weighted by atomic mass is 35.5. The Bertz CT molecular complexity index is 330. The van der Waals surface area contributed by atoms with E-state index in [0.717, 1.165) is 0 Å². The van der Waals surface area contributed by atoms with Crippen LogP contribution >= 0.6 is 11.6 Å². The van der Waals surface area contributed by atoms with Crippen LogP contribution in [0.15, 0.2) is 18.2 Å². The van der Waals surface area contributed by atoms with Gasteiger partial charge in [-0.25, -0.2) is 9.18 Å². The summed E-state index contributed by atoms with van der Waals surface area (Å²) in [5, 5.41) is 10.4. The molecule has 3 nitrogen and oxygen atoms in total. The number of hydrogen-bond donors (Lipinski definition) is 2. The first-order chi connectivity index (χ1) is 6.09. The first-order valence-electron chi connectivity index (χ1n) is 3.50. The van der Waals surface area contributed by atoms with Crippen LogP contribution in [0.1, 0.15) is 5.56 Å². The summed E-state index contributed by atoms with van der Waals surface area (Å²) in [6, 6.07) is 4.13. The monoisotopic (exact) mass is 203 g/mol. The van der Waals surface area contributed by atoms with Crippen molar-refractivity contribution < 1.29 is 14.3 Å². The van der Waals surface area contributed by atoms with E-state index < -0.39 is 11.9 Å². The minimum absolute atomic E-state index is 0.0269. The third-order valence-corrected chi connectivity index (χ3v) is 1.73. The van der Waals surface area contributed by atoms with Crippen molar-refractivity contribution in [3.63, 3.8) is 0 Å². The Morgan fingerprint density at radius 3 is 2.85 bits per heavy atom. The summed E-state index contributed by atoms with van der Waals surface area (Å²) in [4.78, 5) is 10.1. The van der Waals surface area contributed by atoms with Gasteiger partial charge in [0.15, 0.2) is 0 Å². The van der Waals surface area contributed by atoms with Gasteiger partial charge in [0, 0.05) is 6.54 Å². The van der Waals surface area contributed by atoms with Crippen LogP contribution in [0.3, 0.4) is 0 Å². The van der Waals surface area contributed by atoms with Gasteiger partial charge in [0.1, 0.15) is 5.82 Å². The highest BCUT2D eigenvalue weighted by molar-refractivity contribution is 6.30. The van der Waals surface area contributed by atoms with E-state index in [1.807, 2.05) is 0 Å². The molecule has 1 aromatic rings. The molecule has 0 bridgehead atoms. The molecule has 0 saturated carbocycles. The fourth-order valence-electron chi connectivity index (χ4n) is 0.827. The van der Waals surface area contributed by atoms with Crippen molar-refractivity contribution in [3.05, 3.63) is 34.6 Å². The lowest BCUT2D eigenvalue weighted by atomic mass is 10.2. The fourth-order valence-corrected chi connectivity index (χ4v) is 0.945. The van der Waals surface area contributed by atoms with Crippen LogP contribution in [0.5, 0.6) is 0 Å². The molecule has 0 fully saturated rings. The third-order valence-electron chi connectivity index (χ3n) is 1.43. The normalized spacial score (nSPS) is 9.69. The van der Waals surface area contributed by atoms with E-state index in [-0.39, 0.29) is 11.6 Å². The van der Waals surface area contributed by atoms with E-state index in [1.54, 1.807) is 6.07 Å². The summed E-state index contributed by atoms with van der Waals surface area (Å²) in [7, 11) is 0. The second-order valence-corrected chi connectivity index (χ2v) is 2.81. The van der Waals surface area contributed by atoms with Crippen molar-refractivity contribution >= 4 is 17.7 Å². The molecule has 0 aromatic heterocycles. The van der Waals surface area contributed by atoms with Crippen molar-refractivity contribution in [1.82, 2.24) is 5.32 Å². The molecule has 1 aromatic carbocycles. The van der Waals surface area contributed by atoms with E-state index >= 15 is 0 Å². The summed E-state index contributed by atoms with van der Waals surface area (Å²) in [6.45, 7) is 0.0728. The minimum Gasteiger partial charge on any atom is -0.465 e. The lowest BCUT2D eigenvalue weighted by molar-refractivity contribution is 0.194. The molecule has 0 unspecified atom stereocenters. The molecule has 0 radical (unpaired) electrons. The van der Waals surface area contributed by atoms with E-state index in [0.29, 0.717) is 5.56 Å². The van der Waals surface area contributed by atoms with Crippen molar-refractivity contribution in [2.24, 2.45) is 0 Å². The fraction of sp³-hybridized carbons (Fsp3) is 0.125. The molecule has 0 spiro atoms. The summed E-state index contributed by atoms with van der Waals surface area (Å²) >= 11 is 5.43. The molecule has 70 valence electrons. The van der Waals surface area contributed by atoms with Crippen LogP contribution in [-0.2, 0) is 6.54 Å². The minimum atomic E-state index is -1.14. The van der Waals surface area contributed by atoms with E-state index in [2.05, 4.69) is 5.32 Å². The molecule has 0 aliphatic heterocycles. The Labute approximate surface area is 79.1 Å². The molecule has 0 heterocycles. The topological polar surface area (TPSA) is 49.3 Å². The number of carbonyl (C=O) groups is 1. The Morgan fingerprint density at radius 1 is 1.62 bits per heavy atom. The van der Waals surface area contributed by atoms with E-state index in [9.17, 15) is 9.18 Å². The molecule has 0 atom stereocenters. The highest BCUT2D eigenvalue weighted by Crippen LogP contribution is 2.15. The van der Waals surface area contributed by atoms with Crippen LogP contribution < -0.4 is 5.32 Å². The van der Waals surface area contributed by atoms with Gasteiger partial charge in [-0.1, -0.05) is 17.7 Å². The SMILES string of the molecule is O=C(O)NCc1ccc(Cl)c(F)c1. The largest absolute Gasteiger partial charge is 0.465 e. The highest BCUT2D eigenvalue weighted by Gasteiger charge is 2.01. The molecule has 2 N–H and O–H groups in total. The molecular weight excluding hydrogens is 197 g/mol. The van der Waals surface area contributed by atoms with Crippen LogP contribution in [0.2, 0.25) is 5.02 Å². The average Bonchev–Trinajstić information content (AvgIpc) is 2.07. The zero-order chi connectivity index (χ0) is 9.84. The van der Waals surface area contributed by atoms with Crippen LogP contribution in [-0.4, -0.2) is 11.2 Å². The first kappa shape index (κ1) is 9.80. The zero-order valence-corrected chi connectivity index (χ0v) is 7.31. The van der Waals surface area contributed by atoms with Crippen molar-refractivity contribution in [1.29, 1.82) is 0 Å². The van der Waals surface area contributed by atoms with Gasteiger partial charge in [-0.2, -0.15) is 0 Å². The third kappa shape index (κ3) is 2.91. The number of amides is 1. The van der Waals surface area contributed by atoms with Crippen LogP contribution in [0.25, 0.3) is 0 Å². The van der Waals surface area contributed by atoms with Gasteiger partial charge >= 0.3 is 6.09 Å². The van der Waals surface area contributed by atoms with E-state index in [4.69, 9.17) is 16.7 Å². The molecule has 1 amide bonds. The number of halogens is 2. The molecule has 5 heteroatoms. The van der Waals surface area contributed by atoms with Crippen LogP contribution in [0, 0.1) is 5.82 Å². The summed E-state index contributed by atoms with van der Waals surface area (Å²) in [6.07, 6.45) is -1.14. The molecule has 13 heavy (non-hydrogen) atoms. The number of hydrogen-bond acceptors (Lipinski definition) is 1. The van der Waals surface area contributed by atoms with Gasteiger partial charge in [0.2, 0.25) is 0 Å². The molecule has 0 aliphatic carbocycles. The maximum atomic E-state index is 12.8. The number of nitrogens with one attached hydrogen (secondary N) is 1. The average molecular weight is 204 g/mol. The smallest absolute Gasteiger partial charge is 0.404 e. The molecule has 1 rings (SSSR count). The van der Waals surface area contributed by atoms with Crippen LogP contribution in [0.4, 0.5) is 9.18 Å². The van der Waals surface area contributed by atoms with Crippen molar-refractivity contribution in [3.8, 4) is 0 Å². The van der Waals surface area contributed by atoms with Gasteiger partial charge in [0.05, 0.1) is 5.02 Å². The van der Waals surface area contributed by atoms with Crippen molar-refractivity contribution in [2.75, 3.05) is 0 Å². The predicted octanol–water partition coefficient (Wildman–Crippen LogP) is 2.25. The molecule has 0 saturated heterocycles. The standard InChI is InChI=1S/C8H7ClFNO2/c9-6-2-1-5(3-7(6)10)4-11-8(12)13/h1-3,11H,4H2,(H,12,13). The number of benzene rings is 1. The number of carboxylic acid groups (broad SMARTS) is 1. The lowest BCUT2D eigenvalue weighted by Crippen LogP contribution is -2.19. The molecular formula is C8H7ClFNO2. The van der Waals surface area contributed by atoms with Gasteiger partial charge in [-0.15, -0.1) is 0 Å². The van der Waals surface area contributed by atoms with Gasteiger partial charge < -0.3 is 10.4 Å². The lowest BCUT2D eigenvalue weighted by Gasteiger charge is -2.01. The maximum Gasteiger partial charge on any atom is 0.404 e. The molecule has 0 aliphatic rings. The first-order valence-corrected chi connectivity index (χ1v) is 3.88. The predicted molar refractivity (Wildman–Crippen MR) is 46.3 cm³/mol. The van der Waals surface area contributed by atoms with Gasteiger partial charge in [0.25, 0.3) is 0 Å². The summed E-state index contributed by atoms with van der Waals surface area (Å²) < 4.78 is 12.8. The Kier molecular flexibility index (Phi) is 3.08. The number of rotatable bonds is 2. The van der Waals surface area contributed by atoms with Gasteiger partial charge in [-0.3, -0.25) is 0 Å². The Morgan fingerprint density at radius 2 is 2.31 bits per heavy atom. The second-order valence-electron chi connectivity index (χ2n) is 2.41. The zero-order valence-electron chi connectivity index (χ0n) is 6.55. The maximum absolute atomic E-state index is 12.8. The Hall–Kier alpha value is -1.29. The van der Waals surface area contributed by atoms with E-state index in [1.165, 1.54) is 12.1 Å². The van der Waals surface area contributed by atoms with Crippen molar-refractivity contribution in [2.45, 2.75) is 6.54 Å². The summed E-state index contributed by atoms with van der Waals surface area (Å²) in [5.74, 6) is -0.550.